The maximum absolute atomic E-state index is 12.8. The molecule has 2 aromatic rings. The number of benzene rings is 2. The summed E-state index contributed by atoms with van der Waals surface area (Å²) in [5.74, 6) is 0.571. The van der Waals surface area contributed by atoms with E-state index >= 15 is 0 Å². The zero-order chi connectivity index (χ0) is 17.2. The fourth-order valence-electron chi connectivity index (χ4n) is 2.39. The van der Waals surface area contributed by atoms with Gasteiger partial charge in [-0.15, -0.1) is 0 Å². The van der Waals surface area contributed by atoms with Gasteiger partial charge in [0, 0.05) is 6.54 Å². The smallest absolute Gasteiger partial charge is 0.233 e. The second-order valence-electron chi connectivity index (χ2n) is 5.47. The molecule has 0 saturated heterocycles. The number of ether oxygens (including phenoxy) is 1. The highest BCUT2D eigenvalue weighted by Gasteiger charge is 2.03. The summed E-state index contributed by atoms with van der Waals surface area (Å²) in [4.78, 5) is 11.8. The van der Waals surface area contributed by atoms with Crippen LogP contribution in [-0.2, 0) is 17.6 Å². The van der Waals surface area contributed by atoms with Crippen molar-refractivity contribution < 1.29 is 13.9 Å². The Morgan fingerprint density at radius 3 is 2.54 bits per heavy atom. The predicted molar refractivity (Wildman–Crippen MR) is 92.7 cm³/mol. The summed E-state index contributed by atoms with van der Waals surface area (Å²) >= 11 is 0. The van der Waals surface area contributed by atoms with Gasteiger partial charge in [-0.05, 0) is 48.7 Å². The Hall–Kier alpha value is -2.40. The van der Waals surface area contributed by atoms with Crippen molar-refractivity contribution in [1.29, 1.82) is 0 Å². The van der Waals surface area contributed by atoms with E-state index in [0.717, 1.165) is 23.3 Å². The number of halogens is 1. The minimum atomic E-state index is -0.248. The molecule has 0 fully saturated rings. The van der Waals surface area contributed by atoms with Gasteiger partial charge in [0.05, 0.1) is 13.7 Å². The Balaban J connectivity index is 1.60. The van der Waals surface area contributed by atoms with Gasteiger partial charge in [0.25, 0.3) is 0 Å². The number of nitrogens with one attached hydrogen (secondary N) is 2. The Morgan fingerprint density at radius 2 is 1.79 bits per heavy atom. The topological polar surface area (TPSA) is 50.4 Å². The van der Waals surface area contributed by atoms with Gasteiger partial charge in [-0.2, -0.15) is 0 Å². The van der Waals surface area contributed by atoms with Crippen LogP contribution in [0.25, 0.3) is 0 Å². The molecule has 0 saturated carbocycles. The fourth-order valence-corrected chi connectivity index (χ4v) is 2.39. The van der Waals surface area contributed by atoms with Crippen LogP contribution in [0, 0.1) is 5.82 Å². The van der Waals surface area contributed by atoms with E-state index in [9.17, 15) is 9.18 Å². The van der Waals surface area contributed by atoms with Crippen LogP contribution >= 0.6 is 0 Å². The van der Waals surface area contributed by atoms with Crippen LogP contribution < -0.4 is 15.4 Å². The molecule has 1 amide bonds. The van der Waals surface area contributed by atoms with Crippen LogP contribution in [0.2, 0.25) is 0 Å². The van der Waals surface area contributed by atoms with E-state index in [-0.39, 0.29) is 18.3 Å². The molecule has 0 aliphatic carbocycles. The number of hydrogen-bond acceptors (Lipinski definition) is 3. The van der Waals surface area contributed by atoms with E-state index in [2.05, 4.69) is 10.6 Å². The first-order valence-electron chi connectivity index (χ1n) is 8.03. The Bertz CT molecular complexity index is 644. The zero-order valence-corrected chi connectivity index (χ0v) is 13.8. The lowest BCUT2D eigenvalue weighted by molar-refractivity contribution is -0.120. The maximum atomic E-state index is 12.8. The summed E-state index contributed by atoms with van der Waals surface area (Å²) in [5.41, 5.74) is 2.12. The Labute approximate surface area is 142 Å². The third kappa shape index (κ3) is 6.01. The standard InChI is InChI=1S/C19H23FN2O2/c1-24-18-5-3-2-4-16(18)11-12-21-14-19(23)22-13-10-15-6-8-17(20)9-7-15/h2-9,21H,10-14H2,1H3,(H,22,23). The summed E-state index contributed by atoms with van der Waals surface area (Å²) in [7, 11) is 1.65. The molecule has 0 aliphatic heterocycles. The number of para-hydroxylation sites is 1. The van der Waals surface area contributed by atoms with Gasteiger partial charge < -0.3 is 15.4 Å². The fraction of sp³-hybridized carbons (Fsp3) is 0.316. The molecule has 0 aromatic heterocycles. The van der Waals surface area contributed by atoms with Gasteiger partial charge in [0.1, 0.15) is 11.6 Å². The molecule has 128 valence electrons. The molecule has 0 spiro atoms. The van der Waals surface area contributed by atoms with Gasteiger partial charge in [-0.1, -0.05) is 30.3 Å². The second-order valence-corrected chi connectivity index (χ2v) is 5.47. The van der Waals surface area contributed by atoms with Gasteiger partial charge in [-0.3, -0.25) is 4.79 Å². The number of carbonyl (C=O) groups excluding carboxylic acids is 1. The van der Waals surface area contributed by atoms with Crippen molar-refractivity contribution in [3.8, 4) is 5.75 Å². The Kier molecular flexibility index (Phi) is 7.23. The van der Waals surface area contributed by atoms with E-state index in [4.69, 9.17) is 4.74 Å². The normalized spacial score (nSPS) is 10.4. The van der Waals surface area contributed by atoms with Crippen LogP contribution in [-0.4, -0.2) is 32.7 Å². The zero-order valence-electron chi connectivity index (χ0n) is 13.8. The molecule has 2 rings (SSSR count). The molecule has 0 aliphatic rings. The molecule has 2 aromatic carbocycles. The van der Waals surface area contributed by atoms with Crippen LogP contribution in [0.1, 0.15) is 11.1 Å². The maximum Gasteiger partial charge on any atom is 0.233 e. The highest BCUT2D eigenvalue weighted by atomic mass is 19.1. The average molecular weight is 330 g/mol. The molecule has 5 heteroatoms. The van der Waals surface area contributed by atoms with Crippen LogP contribution in [0.3, 0.4) is 0 Å². The van der Waals surface area contributed by atoms with Gasteiger partial charge >= 0.3 is 0 Å². The van der Waals surface area contributed by atoms with Crippen molar-refractivity contribution >= 4 is 5.91 Å². The van der Waals surface area contributed by atoms with E-state index in [1.54, 1.807) is 19.2 Å². The van der Waals surface area contributed by atoms with Gasteiger partial charge in [0.2, 0.25) is 5.91 Å². The molecule has 0 atom stereocenters. The SMILES string of the molecule is COc1ccccc1CCNCC(=O)NCCc1ccc(F)cc1. The summed E-state index contributed by atoms with van der Waals surface area (Å²) in [6, 6.07) is 14.2. The third-order valence-corrected chi connectivity index (χ3v) is 3.70. The summed E-state index contributed by atoms with van der Waals surface area (Å²) in [6.45, 7) is 1.52. The van der Waals surface area contributed by atoms with E-state index in [0.29, 0.717) is 19.5 Å². The number of amides is 1. The second kappa shape index (κ2) is 9.67. The van der Waals surface area contributed by atoms with Crippen molar-refractivity contribution in [1.82, 2.24) is 10.6 Å². The predicted octanol–water partition coefficient (Wildman–Crippen LogP) is 2.33. The number of carbonyl (C=O) groups is 1. The van der Waals surface area contributed by atoms with Crippen molar-refractivity contribution in [2.45, 2.75) is 12.8 Å². The van der Waals surface area contributed by atoms with Crippen molar-refractivity contribution in [3.05, 3.63) is 65.5 Å². The van der Waals surface area contributed by atoms with E-state index in [1.807, 2.05) is 24.3 Å². The molecular formula is C19H23FN2O2. The minimum Gasteiger partial charge on any atom is -0.496 e. The minimum absolute atomic E-state index is 0.0443. The molecule has 0 heterocycles. The highest BCUT2D eigenvalue weighted by Crippen LogP contribution is 2.17. The van der Waals surface area contributed by atoms with Gasteiger partial charge in [0.15, 0.2) is 0 Å². The molecule has 4 nitrogen and oxygen atoms in total. The average Bonchev–Trinajstić information content (AvgIpc) is 2.61. The van der Waals surface area contributed by atoms with Crippen molar-refractivity contribution in [2.75, 3.05) is 26.7 Å². The molecule has 0 bridgehead atoms. The molecule has 24 heavy (non-hydrogen) atoms. The van der Waals surface area contributed by atoms with Crippen LogP contribution in [0.5, 0.6) is 5.75 Å². The van der Waals surface area contributed by atoms with Crippen LogP contribution in [0.15, 0.2) is 48.5 Å². The third-order valence-electron chi connectivity index (χ3n) is 3.70. The lowest BCUT2D eigenvalue weighted by Crippen LogP contribution is -2.35. The summed E-state index contributed by atoms with van der Waals surface area (Å²) < 4.78 is 18.1. The van der Waals surface area contributed by atoms with E-state index < -0.39 is 0 Å². The Morgan fingerprint density at radius 1 is 1.04 bits per heavy atom. The molecule has 0 radical (unpaired) electrons. The number of methoxy groups -OCH3 is 1. The number of rotatable bonds is 9. The summed E-state index contributed by atoms with van der Waals surface area (Å²) in [6.07, 6.45) is 1.49. The highest BCUT2D eigenvalue weighted by molar-refractivity contribution is 5.77. The van der Waals surface area contributed by atoms with Crippen molar-refractivity contribution in [3.63, 3.8) is 0 Å². The summed E-state index contributed by atoms with van der Waals surface area (Å²) in [5, 5.41) is 5.97. The van der Waals surface area contributed by atoms with Crippen molar-refractivity contribution in [2.24, 2.45) is 0 Å². The first-order chi connectivity index (χ1) is 11.7. The van der Waals surface area contributed by atoms with E-state index in [1.165, 1.54) is 12.1 Å². The first kappa shape index (κ1) is 17.9. The largest absolute Gasteiger partial charge is 0.496 e. The number of hydrogen-bond donors (Lipinski definition) is 2. The van der Waals surface area contributed by atoms with Gasteiger partial charge in [-0.25, -0.2) is 4.39 Å². The lowest BCUT2D eigenvalue weighted by Gasteiger charge is -2.09. The monoisotopic (exact) mass is 330 g/mol. The lowest BCUT2D eigenvalue weighted by atomic mass is 10.1. The molecule has 2 N–H and O–H groups in total. The molecule has 0 unspecified atom stereocenters. The van der Waals surface area contributed by atoms with Crippen LogP contribution in [0.4, 0.5) is 4.39 Å². The first-order valence-corrected chi connectivity index (χ1v) is 8.03. The molecular weight excluding hydrogens is 307 g/mol. The quantitative estimate of drug-likeness (QED) is 0.694.